The number of benzene rings is 1. The third-order valence-corrected chi connectivity index (χ3v) is 2.17. The second-order valence-electron chi connectivity index (χ2n) is 3.16. The Bertz CT molecular complexity index is 463. The fraction of sp³-hybridized carbons (Fsp3) is 0.167. The number of methoxy groups -OCH3 is 1. The van der Waals surface area contributed by atoms with E-state index >= 15 is 0 Å². The summed E-state index contributed by atoms with van der Waals surface area (Å²) in [6.45, 7) is 0.462. The van der Waals surface area contributed by atoms with E-state index in [-0.39, 0.29) is 0 Å². The van der Waals surface area contributed by atoms with Gasteiger partial charge in [-0.25, -0.2) is 4.79 Å². The van der Waals surface area contributed by atoms with Crippen LogP contribution in [0, 0.1) is 0 Å². The van der Waals surface area contributed by atoms with E-state index in [9.17, 15) is 4.79 Å². The van der Waals surface area contributed by atoms with Crippen LogP contribution in [0.5, 0.6) is 5.75 Å². The highest BCUT2D eigenvalue weighted by molar-refractivity contribution is 5.97. The summed E-state index contributed by atoms with van der Waals surface area (Å²) in [7, 11) is 1.34. The molecule has 82 valence electrons. The Morgan fingerprint density at radius 1 is 1.50 bits per heavy atom. The lowest BCUT2D eigenvalue weighted by Crippen LogP contribution is -2.04. The Morgan fingerprint density at radius 3 is 3.19 bits per heavy atom. The maximum Gasteiger partial charge on any atom is 0.340 e. The van der Waals surface area contributed by atoms with Crippen LogP contribution in [0.4, 0.5) is 5.69 Å². The minimum atomic E-state index is -0.415. The molecule has 1 heterocycles. The van der Waals surface area contributed by atoms with E-state index in [1.807, 2.05) is 6.08 Å². The number of esters is 1. The molecule has 0 saturated carbocycles. The Morgan fingerprint density at radius 2 is 2.38 bits per heavy atom. The minimum Gasteiger partial charge on any atom is -0.487 e. The van der Waals surface area contributed by atoms with Crippen LogP contribution in [-0.2, 0) is 4.74 Å². The molecule has 0 saturated heterocycles. The average molecular weight is 217 g/mol. The summed E-state index contributed by atoms with van der Waals surface area (Å²) >= 11 is 0. The predicted molar refractivity (Wildman–Crippen MR) is 60.6 cm³/mol. The van der Waals surface area contributed by atoms with Crippen LogP contribution >= 0.6 is 0 Å². The van der Waals surface area contributed by atoms with Crippen molar-refractivity contribution in [3.63, 3.8) is 0 Å². The maximum atomic E-state index is 11.5. The highest BCUT2D eigenvalue weighted by Gasteiger charge is 2.15. The zero-order valence-corrected chi connectivity index (χ0v) is 8.84. The van der Waals surface area contributed by atoms with Gasteiger partial charge in [0.25, 0.3) is 0 Å². The van der Waals surface area contributed by atoms with Crippen molar-refractivity contribution >= 4 is 17.9 Å². The van der Waals surface area contributed by atoms with Gasteiger partial charge in [0.2, 0.25) is 0 Å². The molecule has 1 aromatic rings. The van der Waals surface area contributed by atoms with Gasteiger partial charge in [-0.3, -0.25) is 4.99 Å². The lowest BCUT2D eigenvalue weighted by Gasteiger charge is -2.11. The second-order valence-corrected chi connectivity index (χ2v) is 3.16. The normalized spacial score (nSPS) is 15.3. The summed E-state index contributed by atoms with van der Waals surface area (Å²) in [5, 5.41) is 0. The summed E-state index contributed by atoms with van der Waals surface area (Å²) in [6.07, 6.45) is 5.25. The highest BCUT2D eigenvalue weighted by atomic mass is 16.5. The average Bonchev–Trinajstić information content (AvgIpc) is 2.28. The van der Waals surface area contributed by atoms with Crippen LogP contribution in [-0.4, -0.2) is 25.9 Å². The standard InChI is InChI=1S/C12H11NO3/c1-15-12(14)9-5-4-6-10-11(9)13-7-2-3-8-16-10/h2-7H,8H2,1H3/b3-2-,13-7?. The Labute approximate surface area is 93.2 Å². The molecule has 2 rings (SSSR count). The van der Waals surface area contributed by atoms with Gasteiger partial charge in [-0.15, -0.1) is 0 Å². The van der Waals surface area contributed by atoms with Gasteiger partial charge in [-0.2, -0.15) is 0 Å². The lowest BCUT2D eigenvalue weighted by molar-refractivity contribution is 0.0601. The fourth-order valence-electron chi connectivity index (χ4n) is 1.42. The molecule has 0 atom stereocenters. The molecule has 0 fully saturated rings. The third kappa shape index (κ3) is 1.95. The maximum absolute atomic E-state index is 11.5. The van der Waals surface area contributed by atoms with Crippen molar-refractivity contribution in [2.45, 2.75) is 0 Å². The molecule has 4 nitrogen and oxygen atoms in total. The lowest BCUT2D eigenvalue weighted by atomic mass is 10.1. The summed E-state index contributed by atoms with van der Waals surface area (Å²) in [6, 6.07) is 5.18. The fourth-order valence-corrected chi connectivity index (χ4v) is 1.42. The smallest absolute Gasteiger partial charge is 0.340 e. The van der Waals surface area contributed by atoms with Crippen LogP contribution in [0.15, 0.2) is 35.3 Å². The van der Waals surface area contributed by atoms with Gasteiger partial charge in [-0.05, 0) is 24.3 Å². The molecule has 16 heavy (non-hydrogen) atoms. The summed E-state index contributed by atoms with van der Waals surface area (Å²) < 4.78 is 10.1. The number of aliphatic imine (C=N–C) groups is 1. The second kappa shape index (κ2) is 4.61. The number of para-hydroxylation sites is 1. The van der Waals surface area contributed by atoms with Gasteiger partial charge >= 0.3 is 5.97 Å². The van der Waals surface area contributed by atoms with Crippen LogP contribution in [0.3, 0.4) is 0 Å². The first-order valence-electron chi connectivity index (χ1n) is 4.86. The number of allylic oxidation sites excluding steroid dienone is 1. The van der Waals surface area contributed by atoms with E-state index in [1.54, 1.807) is 30.5 Å². The van der Waals surface area contributed by atoms with Crippen molar-refractivity contribution in [3.05, 3.63) is 35.9 Å². The quantitative estimate of drug-likeness (QED) is 0.677. The molecular weight excluding hydrogens is 206 g/mol. The summed E-state index contributed by atoms with van der Waals surface area (Å²) in [4.78, 5) is 15.7. The van der Waals surface area contributed by atoms with Gasteiger partial charge in [0, 0.05) is 6.21 Å². The van der Waals surface area contributed by atoms with Crippen LogP contribution in [0.25, 0.3) is 0 Å². The highest BCUT2D eigenvalue weighted by Crippen LogP contribution is 2.32. The number of ether oxygens (including phenoxy) is 2. The molecule has 0 spiro atoms. The molecule has 1 aliphatic heterocycles. The molecule has 4 heteroatoms. The molecule has 0 aromatic heterocycles. The monoisotopic (exact) mass is 217 g/mol. The first kappa shape index (κ1) is 10.4. The van der Waals surface area contributed by atoms with E-state index < -0.39 is 5.97 Å². The molecule has 0 amide bonds. The SMILES string of the molecule is COC(=O)c1cccc2c1N=C/C=C\CO2. The van der Waals surface area contributed by atoms with E-state index in [0.717, 1.165) is 0 Å². The Hall–Kier alpha value is -2.10. The van der Waals surface area contributed by atoms with Crippen molar-refractivity contribution < 1.29 is 14.3 Å². The van der Waals surface area contributed by atoms with E-state index in [0.29, 0.717) is 23.6 Å². The number of hydrogen-bond donors (Lipinski definition) is 0. The van der Waals surface area contributed by atoms with Gasteiger partial charge in [0.15, 0.2) is 0 Å². The molecule has 0 aliphatic carbocycles. The molecule has 0 N–H and O–H groups in total. The van der Waals surface area contributed by atoms with Crippen LogP contribution in [0.1, 0.15) is 10.4 Å². The van der Waals surface area contributed by atoms with Gasteiger partial charge in [0.1, 0.15) is 18.0 Å². The van der Waals surface area contributed by atoms with E-state index in [2.05, 4.69) is 9.73 Å². The van der Waals surface area contributed by atoms with Crippen LogP contribution < -0.4 is 4.74 Å². The van der Waals surface area contributed by atoms with Gasteiger partial charge in [0.05, 0.1) is 12.7 Å². The zero-order chi connectivity index (χ0) is 11.4. The number of fused-ring (bicyclic) bond motifs is 1. The Kier molecular flexibility index (Phi) is 3.00. The van der Waals surface area contributed by atoms with Crippen molar-refractivity contribution in [1.29, 1.82) is 0 Å². The van der Waals surface area contributed by atoms with Crippen LogP contribution in [0.2, 0.25) is 0 Å². The third-order valence-electron chi connectivity index (χ3n) is 2.17. The molecule has 0 radical (unpaired) electrons. The summed E-state index contributed by atoms with van der Waals surface area (Å²) in [5.74, 6) is 0.172. The summed E-state index contributed by atoms with van der Waals surface area (Å²) in [5.41, 5.74) is 0.922. The topological polar surface area (TPSA) is 47.9 Å². The first-order valence-corrected chi connectivity index (χ1v) is 4.86. The van der Waals surface area contributed by atoms with Gasteiger partial charge < -0.3 is 9.47 Å². The number of carbonyl (C=O) groups excluding carboxylic acids is 1. The molecule has 1 aliphatic rings. The minimum absolute atomic E-state index is 0.409. The molecular formula is C12H11NO3. The van der Waals surface area contributed by atoms with Crippen molar-refractivity contribution in [1.82, 2.24) is 0 Å². The van der Waals surface area contributed by atoms with Crippen molar-refractivity contribution in [2.75, 3.05) is 13.7 Å². The predicted octanol–water partition coefficient (Wildman–Crippen LogP) is 2.12. The molecule has 1 aromatic carbocycles. The van der Waals surface area contributed by atoms with Gasteiger partial charge in [-0.1, -0.05) is 6.07 Å². The Balaban J connectivity index is 2.52. The number of carbonyl (C=O) groups is 1. The zero-order valence-electron chi connectivity index (χ0n) is 8.84. The number of rotatable bonds is 1. The molecule has 0 bridgehead atoms. The largest absolute Gasteiger partial charge is 0.487 e. The van der Waals surface area contributed by atoms with Crippen molar-refractivity contribution in [3.8, 4) is 5.75 Å². The van der Waals surface area contributed by atoms with E-state index in [1.165, 1.54) is 7.11 Å². The van der Waals surface area contributed by atoms with Crippen molar-refractivity contribution in [2.24, 2.45) is 4.99 Å². The number of hydrogen-bond acceptors (Lipinski definition) is 4. The van der Waals surface area contributed by atoms with E-state index in [4.69, 9.17) is 4.74 Å². The first-order chi connectivity index (χ1) is 7.83. The molecule has 0 unspecified atom stereocenters. The number of nitrogens with zero attached hydrogens (tertiary/aromatic N) is 1.